The molecular weight excluding hydrogens is 266 g/mol. The molecule has 0 aromatic carbocycles. The van der Waals surface area contributed by atoms with Crippen molar-refractivity contribution < 1.29 is 9.90 Å². The largest absolute Gasteiger partial charge is 0.395 e. The molecule has 0 aliphatic carbocycles. The van der Waals surface area contributed by atoms with Gasteiger partial charge in [-0.1, -0.05) is 17.9 Å². The highest BCUT2D eigenvalue weighted by atomic mass is 16.2. The molecule has 1 amide bonds. The zero-order valence-electron chi connectivity index (χ0n) is 11.4. The van der Waals surface area contributed by atoms with E-state index >= 15 is 0 Å². The second-order valence-electron chi connectivity index (χ2n) is 4.18. The van der Waals surface area contributed by atoms with Gasteiger partial charge in [-0.25, -0.2) is 4.98 Å². The highest BCUT2D eigenvalue weighted by molar-refractivity contribution is 5.94. The van der Waals surface area contributed by atoms with Gasteiger partial charge < -0.3 is 10.4 Å². The maximum absolute atomic E-state index is 12.2. The van der Waals surface area contributed by atoms with Crippen molar-refractivity contribution in [3.8, 4) is 11.8 Å². The Morgan fingerprint density at radius 1 is 1.19 bits per heavy atom. The second kappa shape index (κ2) is 7.78. The van der Waals surface area contributed by atoms with Crippen molar-refractivity contribution in [3.63, 3.8) is 0 Å². The summed E-state index contributed by atoms with van der Waals surface area (Å²) < 4.78 is 0. The zero-order valence-corrected chi connectivity index (χ0v) is 11.4. The van der Waals surface area contributed by atoms with E-state index in [-0.39, 0.29) is 18.2 Å². The quantitative estimate of drug-likeness (QED) is 0.824. The number of hydrogen-bond donors (Lipinski definition) is 2. The minimum Gasteiger partial charge on any atom is -0.395 e. The van der Waals surface area contributed by atoms with E-state index in [1.54, 1.807) is 24.5 Å². The summed E-state index contributed by atoms with van der Waals surface area (Å²) >= 11 is 0. The third-order valence-corrected chi connectivity index (χ3v) is 2.64. The molecule has 0 bridgehead atoms. The zero-order chi connectivity index (χ0) is 14.9. The fourth-order valence-corrected chi connectivity index (χ4v) is 1.66. The van der Waals surface area contributed by atoms with E-state index in [4.69, 9.17) is 5.11 Å². The summed E-state index contributed by atoms with van der Waals surface area (Å²) in [5, 5.41) is 11.5. The molecule has 2 aromatic heterocycles. The topological polar surface area (TPSA) is 75.1 Å². The molecule has 5 heteroatoms. The number of nitrogens with one attached hydrogen (secondary N) is 1. The van der Waals surface area contributed by atoms with Crippen LogP contribution in [0.15, 0.2) is 42.7 Å². The number of pyridine rings is 2. The predicted octanol–water partition coefficient (Wildman–Crippen LogP) is 1.14. The molecule has 21 heavy (non-hydrogen) atoms. The molecule has 0 aliphatic heterocycles. The average Bonchev–Trinajstić information content (AvgIpc) is 2.54. The van der Waals surface area contributed by atoms with Gasteiger partial charge in [0.2, 0.25) is 0 Å². The third-order valence-electron chi connectivity index (χ3n) is 2.64. The molecule has 0 spiro atoms. The minimum absolute atomic E-state index is 0.00549. The van der Waals surface area contributed by atoms with E-state index < -0.39 is 0 Å². The molecule has 2 heterocycles. The summed E-state index contributed by atoms with van der Waals surface area (Å²) in [5.41, 5.74) is 1.60. The molecule has 2 aromatic rings. The lowest BCUT2D eigenvalue weighted by atomic mass is 10.2. The highest BCUT2D eigenvalue weighted by Crippen LogP contribution is 2.04. The van der Waals surface area contributed by atoms with Crippen molar-refractivity contribution in [2.75, 3.05) is 6.61 Å². The minimum atomic E-state index is -0.297. The summed E-state index contributed by atoms with van der Waals surface area (Å²) in [6.45, 7) is 0.328. The number of aliphatic hydroxyl groups is 1. The molecule has 2 rings (SSSR count). The van der Waals surface area contributed by atoms with E-state index in [0.29, 0.717) is 18.5 Å². The smallest absolute Gasteiger partial charge is 0.271 e. The van der Waals surface area contributed by atoms with E-state index in [0.717, 1.165) is 5.69 Å². The Hall–Kier alpha value is -2.71. The molecule has 0 radical (unpaired) electrons. The number of hydrogen-bond acceptors (Lipinski definition) is 4. The van der Waals surface area contributed by atoms with Crippen LogP contribution in [0.25, 0.3) is 0 Å². The Bertz CT molecular complexity index is 660. The average molecular weight is 281 g/mol. The van der Waals surface area contributed by atoms with Gasteiger partial charge in [-0.3, -0.25) is 9.78 Å². The molecule has 0 atom stereocenters. The molecule has 106 valence electrons. The monoisotopic (exact) mass is 281 g/mol. The molecule has 0 aliphatic rings. The van der Waals surface area contributed by atoms with Crippen LogP contribution in [0.1, 0.15) is 28.2 Å². The van der Waals surface area contributed by atoms with Gasteiger partial charge in [0.1, 0.15) is 5.69 Å². The number of aromatic nitrogens is 2. The maximum Gasteiger partial charge on any atom is 0.271 e. The Labute approximate surface area is 123 Å². The maximum atomic E-state index is 12.2. The van der Waals surface area contributed by atoms with E-state index in [9.17, 15) is 4.79 Å². The lowest BCUT2D eigenvalue weighted by Crippen LogP contribution is -2.25. The van der Waals surface area contributed by atoms with Gasteiger partial charge in [-0.15, -0.1) is 0 Å². The molecule has 0 fully saturated rings. The van der Waals surface area contributed by atoms with Gasteiger partial charge in [0.25, 0.3) is 5.91 Å². The molecule has 5 nitrogen and oxygen atoms in total. The summed E-state index contributed by atoms with van der Waals surface area (Å²) in [6, 6.07) is 8.96. The van der Waals surface area contributed by atoms with Crippen LogP contribution >= 0.6 is 0 Å². The van der Waals surface area contributed by atoms with E-state index in [1.165, 1.54) is 0 Å². The number of aliphatic hydroxyl groups excluding tert-OH is 1. The van der Waals surface area contributed by atoms with Crippen LogP contribution in [0.4, 0.5) is 0 Å². The standard InChI is InChI=1S/C16H15N3O2/c20-11-4-2-6-13-7-5-10-18-15(13)16(21)19-12-14-8-1-3-9-17-14/h1,3,5,7-10,20H,4,11-12H2,(H,19,21). The predicted molar refractivity (Wildman–Crippen MR) is 78.2 cm³/mol. The third kappa shape index (κ3) is 4.41. The SMILES string of the molecule is O=C(NCc1ccccn1)c1ncccc1C#CCCO. The van der Waals surface area contributed by atoms with E-state index in [1.807, 2.05) is 18.2 Å². The van der Waals surface area contributed by atoms with Crippen molar-refractivity contribution in [2.45, 2.75) is 13.0 Å². The summed E-state index contributed by atoms with van der Waals surface area (Å²) in [6.07, 6.45) is 3.59. The summed E-state index contributed by atoms with van der Waals surface area (Å²) in [4.78, 5) is 20.4. The lowest BCUT2D eigenvalue weighted by molar-refractivity contribution is 0.0945. The van der Waals surface area contributed by atoms with Gasteiger partial charge in [-0.2, -0.15) is 0 Å². The Morgan fingerprint density at radius 2 is 2.05 bits per heavy atom. The Morgan fingerprint density at radius 3 is 2.81 bits per heavy atom. The van der Waals surface area contributed by atoms with Gasteiger partial charge in [0.05, 0.1) is 24.4 Å². The fourth-order valence-electron chi connectivity index (χ4n) is 1.66. The van der Waals surface area contributed by atoms with Crippen LogP contribution in [0, 0.1) is 11.8 Å². The summed E-state index contributed by atoms with van der Waals surface area (Å²) in [7, 11) is 0. The first kappa shape index (κ1) is 14.7. The summed E-state index contributed by atoms with van der Waals surface area (Å²) in [5.74, 6) is 5.34. The van der Waals surface area contributed by atoms with Crippen LogP contribution in [-0.4, -0.2) is 27.6 Å². The number of carbonyl (C=O) groups excluding carboxylic acids is 1. The van der Waals surface area contributed by atoms with Crippen molar-refractivity contribution in [3.05, 3.63) is 59.7 Å². The van der Waals surface area contributed by atoms with Crippen molar-refractivity contribution in [1.82, 2.24) is 15.3 Å². The highest BCUT2D eigenvalue weighted by Gasteiger charge is 2.11. The fraction of sp³-hybridized carbons (Fsp3) is 0.188. The molecular formula is C16H15N3O2. The van der Waals surface area contributed by atoms with Gasteiger partial charge in [0, 0.05) is 18.8 Å². The Balaban J connectivity index is 2.07. The first-order valence-electron chi connectivity index (χ1n) is 6.54. The van der Waals surface area contributed by atoms with Gasteiger partial charge >= 0.3 is 0 Å². The van der Waals surface area contributed by atoms with Crippen molar-refractivity contribution in [1.29, 1.82) is 0 Å². The van der Waals surface area contributed by atoms with Crippen LogP contribution in [0.5, 0.6) is 0 Å². The first-order chi connectivity index (χ1) is 10.3. The van der Waals surface area contributed by atoms with Gasteiger partial charge in [-0.05, 0) is 24.3 Å². The van der Waals surface area contributed by atoms with Crippen LogP contribution in [0.3, 0.4) is 0 Å². The van der Waals surface area contributed by atoms with Crippen molar-refractivity contribution in [2.24, 2.45) is 0 Å². The number of rotatable bonds is 4. The number of carbonyl (C=O) groups is 1. The Kier molecular flexibility index (Phi) is 5.44. The van der Waals surface area contributed by atoms with Crippen molar-refractivity contribution >= 4 is 5.91 Å². The normalized spacial score (nSPS) is 9.57. The van der Waals surface area contributed by atoms with Crippen LogP contribution in [0.2, 0.25) is 0 Å². The second-order valence-corrected chi connectivity index (χ2v) is 4.18. The molecule has 0 unspecified atom stereocenters. The van der Waals surface area contributed by atoms with Gasteiger partial charge in [0.15, 0.2) is 0 Å². The number of nitrogens with zero attached hydrogens (tertiary/aromatic N) is 2. The number of amides is 1. The van der Waals surface area contributed by atoms with E-state index in [2.05, 4.69) is 27.1 Å². The first-order valence-corrected chi connectivity index (χ1v) is 6.54. The molecule has 2 N–H and O–H groups in total. The van der Waals surface area contributed by atoms with Crippen LogP contribution in [-0.2, 0) is 6.54 Å². The lowest BCUT2D eigenvalue weighted by Gasteiger charge is -2.05. The molecule has 0 saturated carbocycles. The van der Waals surface area contributed by atoms with Crippen LogP contribution < -0.4 is 5.32 Å². The molecule has 0 saturated heterocycles.